The fraction of sp³-hybridized carbons (Fsp3) is 0.444. The number of aromatic nitrogens is 2. The van der Waals surface area contributed by atoms with E-state index in [4.69, 9.17) is 26.1 Å². The monoisotopic (exact) mass is 507 g/mol. The summed E-state index contributed by atoms with van der Waals surface area (Å²) >= 11 is 0. The van der Waals surface area contributed by atoms with Gasteiger partial charge in [-0.3, -0.25) is 14.3 Å². The fourth-order valence-electron chi connectivity index (χ4n) is 5.18. The number of ether oxygens (including phenoxy) is 1. The van der Waals surface area contributed by atoms with E-state index in [-0.39, 0.29) is 24.1 Å². The summed E-state index contributed by atoms with van der Waals surface area (Å²) in [6, 6.07) is 6.44. The van der Waals surface area contributed by atoms with E-state index in [1.165, 1.54) is 32.1 Å². The molecule has 10 nitrogen and oxygen atoms in total. The minimum Gasteiger partial charge on any atom is -0.494 e. The maximum Gasteiger partial charge on any atom is 0.228 e. The maximum atomic E-state index is 12.0. The van der Waals surface area contributed by atoms with Crippen LogP contribution < -0.4 is 32.6 Å². The Kier molecular flexibility index (Phi) is 7.75. The van der Waals surface area contributed by atoms with Crippen LogP contribution in [0.5, 0.6) is 5.75 Å². The van der Waals surface area contributed by atoms with Gasteiger partial charge in [0.25, 0.3) is 0 Å². The third-order valence-electron chi connectivity index (χ3n) is 7.41. The second kappa shape index (κ2) is 11.0. The van der Waals surface area contributed by atoms with Crippen molar-refractivity contribution in [1.82, 2.24) is 15.1 Å². The molecule has 0 radical (unpaired) electrons. The van der Waals surface area contributed by atoms with Crippen LogP contribution >= 0.6 is 0 Å². The molecule has 0 saturated heterocycles. The summed E-state index contributed by atoms with van der Waals surface area (Å²) in [4.78, 5) is 20.6. The van der Waals surface area contributed by atoms with Gasteiger partial charge >= 0.3 is 0 Å². The highest BCUT2D eigenvalue weighted by Crippen LogP contribution is 2.63. The van der Waals surface area contributed by atoms with E-state index in [2.05, 4.69) is 27.2 Å². The highest BCUT2D eigenvalue weighted by molar-refractivity contribution is 5.82. The summed E-state index contributed by atoms with van der Waals surface area (Å²) in [5.41, 5.74) is 20.7. The number of nitrogens with one attached hydrogen (secondary N) is 2. The molecule has 0 aliphatic heterocycles. The first-order valence-electron chi connectivity index (χ1n) is 12.7. The lowest BCUT2D eigenvalue weighted by Crippen LogP contribution is -2.29. The summed E-state index contributed by atoms with van der Waals surface area (Å²) < 4.78 is 7.99. The lowest BCUT2D eigenvalue weighted by Gasteiger charge is -2.19. The Labute approximate surface area is 217 Å². The van der Waals surface area contributed by atoms with Gasteiger partial charge in [-0.05, 0) is 56.9 Å². The topological polar surface area (TPSA) is 163 Å². The van der Waals surface area contributed by atoms with E-state index in [1.807, 2.05) is 24.4 Å². The van der Waals surface area contributed by atoms with E-state index >= 15 is 0 Å². The zero-order valence-corrected chi connectivity index (χ0v) is 21.5. The molecule has 1 aromatic heterocycles. The standard InChI is InChI=1S/C26H34N6O2.CH3NO/c1-16(27)21(13-23(28)31-25(33)17-8-9-17)30-20-6-3-5-19(24(20)34-2)18-14-29-32(15-18)22-7-4-10-26(22)11-12-26;2-1-3/h3,5-6,13-15,17,22,30H,4,7-12,27-28H2,1-2H3,(H,31,33);1H,(H2,2,3)/b21-16+,23-13+;. The number of hydrogen-bond donors (Lipinski definition) is 5. The number of allylic oxidation sites excluding steroid dienone is 2. The van der Waals surface area contributed by atoms with Crippen molar-refractivity contribution in [2.75, 3.05) is 12.4 Å². The highest BCUT2D eigenvalue weighted by Gasteiger charge is 2.53. The molecule has 198 valence electrons. The summed E-state index contributed by atoms with van der Waals surface area (Å²) in [5.74, 6) is 0.978. The van der Waals surface area contributed by atoms with Crippen molar-refractivity contribution in [3.05, 3.63) is 53.9 Å². The number of hydrogen-bond acceptors (Lipinski definition) is 7. The van der Waals surface area contributed by atoms with Gasteiger partial charge in [-0.2, -0.15) is 5.10 Å². The SMILES string of the molecule is COc1c(NC(/C=C(\N)NC(=O)C2CC2)=C(\C)N)cccc1-c1cnn(C2CCCC23CC3)c1.NC=O. The van der Waals surface area contributed by atoms with E-state index in [1.54, 1.807) is 20.1 Å². The molecule has 1 heterocycles. The van der Waals surface area contributed by atoms with Gasteiger partial charge in [-0.25, -0.2) is 0 Å². The Morgan fingerprint density at radius 1 is 1.22 bits per heavy atom. The molecule has 0 bridgehead atoms. The minimum atomic E-state index is -0.0467. The lowest BCUT2D eigenvalue weighted by atomic mass is 10.0. The van der Waals surface area contributed by atoms with Crippen molar-refractivity contribution < 1.29 is 14.3 Å². The van der Waals surface area contributed by atoms with E-state index in [9.17, 15) is 4.79 Å². The average molecular weight is 508 g/mol. The molecule has 5 rings (SSSR count). The van der Waals surface area contributed by atoms with Crippen molar-refractivity contribution in [3.63, 3.8) is 0 Å². The second-order valence-electron chi connectivity index (χ2n) is 10.1. The Morgan fingerprint density at radius 2 is 1.95 bits per heavy atom. The van der Waals surface area contributed by atoms with Gasteiger partial charge in [0.1, 0.15) is 11.6 Å². The minimum absolute atomic E-state index is 0.0467. The van der Waals surface area contributed by atoms with E-state index in [0.717, 1.165) is 29.7 Å². The number of primary amides is 1. The Balaban J connectivity index is 0.00000102. The fourth-order valence-corrected chi connectivity index (χ4v) is 5.18. The quantitative estimate of drug-likeness (QED) is 0.271. The van der Waals surface area contributed by atoms with Gasteiger partial charge in [-0.1, -0.05) is 18.6 Å². The van der Waals surface area contributed by atoms with Crippen LogP contribution in [0, 0.1) is 11.3 Å². The molecule has 3 fully saturated rings. The first kappa shape index (κ1) is 26.1. The number of amides is 2. The first-order valence-corrected chi connectivity index (χ1v) is 12.7. The van der Waals surface area contributed by atoms with Gasteiger partial charge < -0.3 is 32.6 Å². The van der Waals surface area contributed by atoms with E-state index < -0.39 is 0 Å². The number of anilines is 1. The molecule has 3 aliphatic rings. The molecule has 8 N–H and O–H groups in total. The molecule has 10 heteroatoms. The van der Waals surface area contributed by atoms with Gasteiger partial charge in [0.15, 0.2) is 0 Å². The second-order valence-corrected chi connectivity index (χ2v) is 10.1. The Morgan fingerprint density at radius 3 is 2.57 bits per heavy atom. The zero-order chi connectivity index (χ0) is 26.6. The van der Waals surface area contributed by atoms with Crippen molar-refractivity contribution in [2.45, 2.75) is 57.9 Å². The Hall–Kier alpha value is -3.95. The number of benzene rings is 1. The molecular formula is C27H37N7O3. The predicted octanol–water partition coefficient (Wildman–Crippen LogP) is 3.09. The van der Waals surface area contributed by atoms with Crippen molar-refractivity contribution in [1.29, 1.82) is 0 Å². The summed E-state index contributed by atoms with van der Waals surface area (Å²) in [5, 5.41) is 10.8. The summed E-state index contributed by atoms with van der Waals surface area (Å²) in [7, 11) is 1.66. The average Bonchev–Trinajstić information content (AvgIpc) is 3.76. The third-order valence-corrected chi connectivity index (χ3v) is 7.41. The van der Waals surface area contributed by atoms with Crippen molar-refractivity contribution >= 4 is 18.0 Å². The summed E-state index contributed by atoms with van der Waals surface area (Å²) in [6.07, 6.45) is 14.2. The number of carbonyl (C=O) groups is 2. The molecule has 1 aromatic carbocycles. The molecule has 2 aromatic rings. The van der Waals surface area contributed by atoms with Gasteiger partial charge in [0, 0.05) is 35.0 Å². The van der Waals surface area contributed by atoms with E-state index in [0.29, 0.717) is 28.6 Å². The number of rotatable bonds is 8. The highest BCUT2D eigenvalue weighted by atomic mass is 16.5. The number of nitrogens with two attached hydrogens (primary N) is 3. The van der Waals surface area contributed by atoms with Crippen LogP contribution in [0.25, 0.3) is 11.1 Å². The van der Waals surface area contributed by atoms with Crippen LogP contribution in [0.2, 0.25) is 0 Å². The van der Waals surface area contributed by atoms with Gasteiger partial charge in [-0.15, -0.1) is 0 Å². The largest absolute Gasteiger partial charge is 0.494 e. The molecule has 1 unspecified atom stereocenters. The summed E-state index contributed by atoms with van der Waals surface area (Å²) in [6.45, 7) is 1.78. The first-order chi connectivity index (χ1) is 17.8. The molecule has 1 atom stereocenters. The van der Waals surface area contributed by atoms with Crippen LogP contribution in [0.1, 0.15) is 57.9 Å². The van der Waals surface area contributed by atoms with Gasteiger partial charge in [0.05, 0.1) is 30.7 Å². The van der Waals surface area contributed by atoms with Crippen LogP contribution in [0.3, 0.4) is 0 Å². The van der Waals surface area contributed by atoms with Gasteiger partial charge in [0.2, 0.25) is 12.3 Å². The molecule has 1 spiro atoms. The van der Waals surface area contributed by atoms with Crippen LogP contribution in [0.4, 0.5) is 5.69 Å². The lowest BCUT2D eigenvalue weighted by molar-refractivity contribution is -0.121. The maximum absolute atomic E-state index is 12.0. The van der Waals surface area contributed by atoms with Crippen LogP contribution in [0.15, 0.2) is 53.9 Å². The zero-order valence-electron chi connectivity index (χ0n) is 21.5. The molecule has 3 aliphatic carbocycles. The Bertz CT molecular complexity index is 1200. The number of nitrogens with zero attached hydrogens (tertiary/aromatic N) is 2. The molecule has 3 saturated carbocycles. The van der Waals surface area contributed by atoms with Crippen LogP contribution in [-0.2, 0) is 9.59 Å². The predicted molar refractivity (Wildman–Crippen MR) is 143 cm³/mol. The molecule has 37 heavy (non-hydrogen) atoms. The third kappa shape index (κ3) is 5.90. The number of para-hydroxylation sites is 1. The normalized spacial score (nSPS) is 20.4. The van der Waals surface area contributed by atoms with Crippen LogP contribution in [-0.4, -0.2) is 29.2 Å². The van der Waals surface area contributed by atoms with Crippen molar-refractivity contribution in [3.8, 4) is 16.9 Å². The van der Waals surface area contributed by atoms with Crippen molar-refractivity contribution in [2.24, 2.45) is 28.5 Å². The molecule has 2 amide bonds. The smallest absolute Gasteiger partial charge is 0.228 e. The number of methoxy groups -OCH3 is 1. The number of carbonyl (C=O) groups excluding carboxylic acids is 2. The molecular weight excluding hydrogens is 470 g/mol.